The number of carbonyl (C=O) groups is 2. The maximum atomic E-state index is 12.3. The zero-order valence-corrected chi connectivity index (χ0v) is 14.6. The van der Waals surface area contributed by atoms with E-state index in [1.54, 1.807) is 24.3 Å². The van der Waals surface area contributed by atoms with Gasteiger partial charge in [-0.3, -0.25) is 14.5 Å². The Balaban J connectivity index is 1.49. The summed E-state index contributed by atoms with van der Waals surface area (Å²) in [6.45, 7) is 4.74. The third kappa shape index (κ3) is 5.28. The Bertz CT molecular complexity index is 593. The summed E-state index contributed by atoms with van der Waals surface area (Å²) in [6.07, 6.45) is 4.45. The standard InChI is InChI=1S/C19H27N3O3/c23-18(20-8-9-22-10-12-25-13-11-22)15-4-3-5-16(14-15)19(24)21-17-6-1-2-7-17/h3-5,14,17H,1-2,6-13H2,(H,20,23)(H,21,24). The minimum atomic E-state index is -0.135. The van der Waals surface area contributed by atoms with Crippen molar-refractivity contribution in [2.45, 2.75) is 31.7 Å². The summed E-state index contributed by atoms with van der Waals surface area (Å²) < 4.78 is 5.31. The zero-order chi connectivity index (χ0) is 17.5. The van der Waals surface area contributed by atoms with Crippen molar-refractivity contribution in [2.24, 2.45) is 0 Å². The van der Waals surface area contributed by atoms with Crippen LogP contribution in [0.3, 0.4) is 0 Å². The molecular formula is C19H27N3O3. The van der Waals surface area contributed by atoms with Crippen LogP contribution in [0.15, 0.2) is 24.3 Å². The average Bonchev–Trinajstić information content (AvgIpc) is 3.15. The Morgan fingerprint density at radius 2 is 1.76 bits per heavy atom. The van der Waals surface area contributed by atoms with Crippen molar-refractivity contribution in [3.05, 3.63) is 35.4 Å². The number of hydrogen-bond acceptors (Lipinski definition) is 4. The van der Waals surface area contributed by atoms with Crippen LogP contribution >= 0.6 is 0 Å². The molecule has 1 aromatic rings. The van der Waals surface area contributed by atoms with Gasteiger partial charge in [0, 0.05) is 43.3 Å². The number of ether oxygens (including phenoxy) is 1. The van der Waals surface area contributed by atoms with E-state index in [1.807, 2.05) is 0 Å². The monoisotopic (exact) mass is 345 g/mol. The second-order valence-electron chi connectivity index (χ2n) is 6.75. The Morgan fingerprint density at radius 3 is 2.48 bits per heavy atom. The van der Waals surface area contributed by atoms with Crippen molar-refractivity contribution in [3.63, 3.8) is 0 Å². The van der Waals surface area contributed by atoms with E-state index in [0.29, 0.717) is 17.7 Å². The molecule has 1 saturated carbocycles. The van der Waals surface area contributed by atoms with Crippen molar-refractivity contribution >= 4 is 11.8 Å². The van der Waals surface area contributed by atoms with Crippen LogP contribution in [0.5, 0.6) is 0 Å². The first-order valence-corrected chi connectivity index (χ1v) is 9.21. The average molecular weight is 345 g/mol. The zero-order valence-electron chi connectivity index (χ0n) is 14.6. The summed E-state index contributed by atoms with van der Waals surface area (Å²) in [5.74, 6) is -0.223. The summed E-state index contributed by atoms with van der Waals surface area (Å²) in [6, 6.07) is 7.22. The Kier molecular flexibility index (Phi) is 6.42. The van der Waals surface area contributed by atoms with Crippen LogP contribution in [-0.4, -0.2) is 62.1 Å². The highest BCUT2D eigenvalue weighted by atomic mass is 16.5. The number of carbonyl (C=O) groups excluding carboxylic acids is 2. The molecule has 1 saturated heterocycles. The molecule has 136 valence electrons. The van der Waals surface area contributed by atoms with E-state index < -0.39 is 0 Å². The van der Waals surface area contributed by atoms with E-state index in [-0.39, 0.29) is 17.9 Å². The minimum Gasteiger partial charge on any atom is -0.379 e. The van der Waals surface area contributed by atoms with Gasteiger partial charge >= 0.3 is 0 Å². The van der Waals surface area contributed by atoms with Gasteiger partial charge in [-0.25, -0.2) is 0 Å². The number of rotatable bonds is 6. The largest absolute Gasteiger partial charge is 0.379 e. The van der Waals surface area contributed by atoms with Gasteiger partial charge in [0.25, 0.3) is 11.8 Å². The van der Waals surface area contributed by atoms with E-state index >= 15 is 0 Å². The predicted octanol–water partition coefficient (Wildman–Crippen LogP) is 1.42. The molecule has 0 aromatic heterocycles. The normalized spacial score (nSPS) is 18.9. The molecule has 0 spiro atoms. The fourth-order valence-corrected chi connectivity index (χ4v) is 3.39. The molecule has 1 aliphatic heterocycles. The first kappa shape index (κ1) is 17.9. The maximum absolute atomic E-state index is 12.3. The van der Waals surface area contributed by atoms with E-state index in [2.05, 4.69) is 15.5 Å². The lowest BCUT2D eigenvalue weighted by Crippen LogP contribution is -2.41. The molecule has 6 nitrogen and oxygen atoms in total. The Morgan fingerprint density at radius 1 is 1.08 bits per heavy atom. The predicted molar refractivity (Wildman–Crippen MR) is 95.8 cm³/mol. The fraction of sp³-hybridized carbons (Fsp3) is 0.579. The third-order valence-corrected chi connectivity index (χ3v) is 4.89. The molecular weight excluding hydrogens is 318 g/mol. The third-order valence-electron chi connectivity index (χ3n) is 4.89. The van der Waals surface area contributed by atoms with Crippen LogP contribution in [0.2, 0.25) is 0 Å². The minimum absolute atomic E-state index is 0.0881. The molecule has 0 unspecified atom stereocenters. The molecule has 2 fully saturated rings. The molecule has 3 rings (SSSR count). The lowest BCUT2D eigenvalue weighted by atomic mass is 10.1. The maximum Gasteiger partial charge on any atom is 0.251 e. The van der Waals surface area contributed by atoms with E-state index in [4.69, 9.17) is 4.74 Å². The lowest BCUT2D eigenvalue weighted by molar-refractivity contribution is 0.0383. The van der Waals surface area contributed by atoms with Gasteiger partial charge in [0.1, 0.15) is 0 Å². The lowest BCUT2D eigenvalue weighted by Gasteiger charge is -2.26. The van der Waals surface area contributed by atoms with Crippen molar-refractivity contribution < 1.29 is 14.3 Å². The smallest absolute Gasteiger partial charge is 0.251 e. The van der Waals surface area contributed by atoms with Gasteiger partial charge in [0.2, 0.25) is 0 Å². The quantitative estimate of drug-likeness (QED) is 0.818. The van der Waals surface area contributed by atoms with Crippen molar-refractivity contribution in [3.8, 4) is 0 Å². The van der Waals surface area contributed by atoms with Crippen LogP contribution in [-0.2, 0) is 4.74 Å². The van der Waals surface area contributed by atoms with Gasteiger partial charge in [0.05, 0.1) is 13.2 Å². The summed E-state index contributed by atoms with van der Waals surface area (Å²) in [7, 11) is 0. The number of amides is 2. The van der Waals surface area contributed by atoms with Crippen molar-refractivity contribution in [1.29, 1.82) is 0 Å². The van der Waals surface area contributed by atoms with Crippen LogP contribution in [0.4, 0.5) is 0 Å². The summed E-state index contributed by atoms with van der Waals surface area (Å²) in [4.78, 5) is 26.9. The van der Waals surface area contributed by atoms with Crippen molar-refractivity contribution in [1.82, 2.24) is 15.5 Å². The number of nitrogens with one attached hydrogen (secondary N) is 2. The summed E-state index contributed by atoms with van der Waals surface area (Å²) in [5, 5.41) is 5.99. The molecule has 2 N–H and O–H groups in total. The highest BCUT2D eigenvalue weighted by Crippen LogP contribution is 2.18. The van der Waals surface area contributed by atoms with Crippen LogP contribution in [0, 0.1) is 0 Å². The molecule has 1 aliphatic carbocycles. The number of nitrogens with zero attached hydrogens (tertiary/aromatic N) is 1. The number of benzene rings is 1. The Labute approximate surface area is 148 Å². The molecule has 1 aromatic carbocycles. The SMILES string of the molecule is O=C(NCCN1CCOCC1)c1cccc(C(=O)NC2CCCC2)c1. The van der Waals surface area contributed by atoms with Gasteiger partial charge in [-0.2, -0.15) is 0 Å². The van der Waals surface area contributed by atoms with Crippen molar-refractivity contribution in [2.75, 3.05) is 39.4 Å². The second-order valence-corrected chi connectivity index (χ2v) is 6.75. The molecule has 0 bridgehead atoms. The van der Waals surface area contributed by atoms with Crippen LogP contribution in [0.25, 0.3) is 0 Å². The number of hydrogen-bond donors (Lipinski definition) is 2. The molecule has 2 amide bonds. The van der Waals surface area contributed by atoms with E-state index in [1.165, 1.54) is 12.8 Å². The first-order chi connectivity index (χ1) is 12.2. The molecule has 2 aliphatic rings. The van der Waals surface area contributed by atoms with E-state index in [0.717, 1.165) is 45.7 Å². The van der Waals surface area contributed by atoms with E-state index in [9.17, 15) is 9.59 Å². The van der Waals surface area contributed by atoms with Crippen LogP contribution < -0.4 is 10.6 Å². The van der Waals surface area contributed by atoms with Gasteiger partial charge in [-0.05, 0) is 31.0 Å². The van der Waals surface area contributed by atoms with Gasteiger partial charge in [0.15, 0.2) is 0 Å². The number of morpholine rings is 1. The highest BCUT2D eigenvalue weighted by molar-refractivity contribution is 5.99. The summed E-state index contributed by atoms with van der Waals surface area (Å²) >= 11 is 0. The van der Waals surface area contributed by atoms with Gasteiger partial charge in [-0.15, -0.1) is 0 Å². The van der Waals surface area contributed by atoms with Gasteiger partial charge in [-0.1, -0.05) is 18.9 Å². The molecule has 0 radical (unpaired) electrons. The molecule has 0 atom stereocenters. The summed E-state index contributed by atoms with van der Waals surface area (Å²) in [5.41, 5.74) is 1.08. The molecule has 25 heavy (non-hydrogen) atoms. The fourth-order valence-electron chi connectivity index (χ4n) is 3.39. The Hall–Kier alpha value is -1.92. The second kappa shape index (κ2) is 8.97. The topological polar surface area (TPSA) is 70.7 Å². The first-order valence-electron chi connectivity index (χ1n) is 9.21. The van der Waals surface area contributed by atoms with Crippen LogP contribution in [0.1, 0.15) is 46.4 Å². The highest BCUT2D eigenvalue weighted by Gasteiger charge is 2.18. The molecule has 1 heterocycles. The molecule has 6 heteroatoms. The van der Waals surface area contributed by atoms with Gasteiger partial charge < -0.3 is 15.4 Å².